The van der Waals surface area contributed by atoms with Crippen LogP contribution in [-0.2, 0) is 4.79 Å². The van der Waals surface area contributed by atoms with Gasteiger partial charge in [-0.1, -0.05) is 23.2 Å². The highest BCUT2D eigenvalue weighted by Crippen LogP contribution is 2.31. The molecule has 128 valence electrons. The molecule has 0 spiro atoms. The highest BCUT2D eigenvalue weighted by atomic mass is 35.5. The zero-order valence-corrected chi connectivity index (χ0v) is 15.5. The monoisotopic (exact) mass is 367 g/mol. The number of amides is 1. The molecule has 2 N–H and O–H groups in total. The molecule has 0 aliphatic carbocycles. The van der Waals surface area contributed by atoms with Gasteiger partial charge in [-0.05, 0) is 74.2 Å². The first-order valence-electron chi connectivity index (χ1n) is 7.35. The molecule has 0 saturated carbocycles. The van der Waals surface area contributed by atoms with E-state index in [1.807, 2.05) is 27.7 Å². The molecule has 4 nitrogen and oxygen atoms in total. The van der Waals surface area contributed by atoms with Crippen molar-refractivity contribution in [3.63, 3.8) is 0 Å². The summed E-state index contributed by atoms with van der Waals surface area (Å²) in [5.41, 5.74) is 8.62. The molecule has 0 aliphatic rings. The fourth-order valence-electron chi connectivity index (χ4n) is 2.52. The number of carbonyl (C=O) groups is 1. The van der Waals surface area contributed by atoms with Gasteiger partial charge in [-0.2, -0.15) is 0 Å². The van der Waals surface area contributed by atoms with Crippen molar-refractivity contribution in [3.05, 3.63) is 56.6 Å². The van der Waals surface area contributed by atoms with Crippen LogP contribution in [0.15, 0.2) is 24.3 Å². The Bertz CT molecular complexity index is 684. The lowest BCUT2D eigenvalue weighted by Gasteiger charge is -2.22. The zero-order valence-electron chi connectivity index (χ0n) is 13.9. The third-order valence-corrected chi connectivity index (χ3v) is 3.97. The average molecular weight is 368 g/mol. The summed E-state index contributed by atoms with van der Waals surface area (Å²) < 4.78 is 11.5. The Morgan fingerprint density at radius 2 is 1.12 bits per heavy atom. The van der Waals surface area contributed by atoms with Crippen LogP contribution in [-0.4, -0.2) is 12.2 Å². The Morgan fingerprint density at radius 1 is 0.833 bits per heavy atom. The van der Waals surface area contributed by atoms with Gasteiger partial charge in [0.25, 0.3) is 5.91 Å². The first kappa shape index (κ1) is 18.4. The van der Waals surface area contributed by atoms with Gasteiger partial charge in [-0.25, -0.2) is 0 Å². The molecule has 2 aromatic carbocycles. The number of benzene rings is 2. The second-order valence-corrected chi connectivity index (χ2v) is 6.58. The first-order chi connectivity index (χ1) is 11.2. The van der Waals surface area contributed by atoms with Crippen LogP contribution in [0.1, 0.15) is 22.3 Å². The standard InChI is InChI=1S/C18H19Cl2NO3/c1-9-5-13(19)6-10(2)15(9)23-18(17(21)22)24-16-11(3)7-14(20)8-12(16)4/h5-8,18H,1-4H3,(H2,21,22). The minimum absolute atomic E-state index is 0.521. The summed E-state index contributed by atoms with van der Waals surface area (Å²) in [7, 11) is 0. The lowest BCUT2D eigenvalue weighted by Crippen LogP contribution is -2.39. The summed E-state index contributed by atoms with van der Waals surface area (Å²) >= 11 is 12.0. The maximum atomic E-state index is 11.8. The molecular formula is C18H19Cl2NO3. The van der Waals surface area contributed by atoms with Crippen molar-refractivity contribution in [2.24, 2.45) is 5.73 Å². The molecule has 0 saturated heterocycles. The number of ether oxygens (including phenoxy) is 2. The van der Waals surface area contributed by atoms with Crippen molar-refractivity contribution < 1.29 is 14.3 Å². The number of primary amides is 1. The number of hydrogen-bond acceptors (Lipinski definition) is 3. The molecule has 2 rings (SSSR count). The van der Waals surface area contributed by atoms with Crippen molar-refractivity contribution in [3.8, 4) is 11.5 Å². The molecule has 0 heterocycles. The molecule has 0 unspecified atom stereocenters. The van der Waals surface area contributed by atoms with Crippen LogP contribution in [0.3, 0.4) is 0 Å². The van der Waals surface area contributed by atoms with E-state index in [0.717, 1.165) is 22.3 Å². The van der Waals surface area contributed by atoms with E-state index >= 15 is 0 Å². The summed E-state index contributed by atoms with van der Waals surface area (Å²) in [6.45, 7) is 7.35. The smallest absolute Gasteiger partial charge is 0.321 e. The van der Waals surface area contributed by atoms with Gasteiger partial charge in [0.1, 0.15) is 11.5 Å². The van der Waals surface area contributed by atoms with Gasteiger partial charge < -0.3 is 15.2 Å². The normalized spacial score (nSPS) is 10.8. The van der Waals surface area contributed by atoms with E-state index in [4.69, 9.17) is 38.4 Å². The second kappa shape index (κ2) is 7.32. The molecule has 24 heavy (non-hydrogen) atoms. The van der Waals surface area contributed by atoms with Crippen LogP contribution in [0.25, 0.3) is 0 Å². The summed E-state index contributed by atoms with van der Waals surface area (Å²) in [6, 6.07) is 7.00. The van der Waals surface area contributed by atoms with Crippen molar-refractivity contribution in [2.45, 2.75) is 34.0 Å². The Kier molecular flexibility index (Phi) is 5.62. The van der Waals surface area contributed by atoms with E-state index < -0.39 is 12.2 Å². The van der Waals surface area contributed by atoms with E-state index in [0.29, 0.717) is 21.5 Å². The zero-order chi connectivity index (χ0) is 18.0. The molecule has 0 bridgehead atoms. The van der Waals surface area contributed by atoms with Gasteiger partial charge in [0.2, 0.25) is 0 Å². The molecule has 1 amide bonds. The predicted octanol–water partition coefficient (Wildman–Crippen LogP) is 4.50. The van der Waals surface area contributed by atoms with E-state index in [-0.39, 0.29) is 0 Å². The summed E-state index contributed by atoms with van der Waals surface area (Å²) in [5, 5.41) is 1.19. The molecular weight excluding hydrogens is 349 g/mol. The highest BCUT2D eigenvalue weighted by molar-refractivity contribution is 6.31. The van der Waals surface area contributed by atoms with E-state index in [1.54, 1.807) is 24.3 Å². The van der Waals surface area contributed by atoms with Crippen LogP contribution in [0.5, 0.6) is 11.5 Å². The van der Waals surface area contributed by atoms with Crippen LogP contribution >= 0.6 is 23.2 Å². The van der Waals surface area contributed by atoms with Crippen LogP contribution < -0.4 is 15.2 Å². The maximum absolute atomic E-state index is 11.8. The molecule has 0 atom stereocenters. The van der Waals surface area contributed by atoms with Crippen molar-refractivity contribution in [1.29, 1.82) is 0 Å². The van der Waals surface area contributed by atoms with Gasteiger partial charge in [-0.3, -0.25) is 4.79 Å². The van der Waals surface area contributed by atoms with Gasteiger partial charge in [0, 0.05) is 10.0 Å². The van der Waals surface area contributed by atoms with E-state index in [9.17, 15) is 4.79 Å². The fraction of sp³-hybridized carbons (Fsp3) is 0.278. The minimum atomic E-state index is -1.26. The largest absolute Gasteiger partial charge is 0.446 e. The topological polar surface area (TPSA) is 61.6 Å². The van der Waals surface area contributed by atoms with E-state index in [2.05, 4.69) is 0 Å². The number of nitrogens with two attached hydrogens (primary N) is 1. The molecule has 0 aromatic heterocycles. The lowest BCUT2D eigenvalue weighted by molar-refractivity contribution is -0.136. The van der Waals surface area contributed by atoms with Gasteiger partial charge in [0.05, 0.1) is 0 Å². The average Bonchev–Trinajstić information content (AvgIpc) is 2.43. The number of carbonyl (C=O) groups excluding carboxylic acids is 1. The number of halogens is 2. The molecule has 0 radical (unpaired) electrons. The SMILES string of the molecule is Cc1cc(Cl)cc(C)c1OC(Oc1c(C)cc(Cl)cc1C)C(N)=O. The van der Waals surface area contributed by atoms with Gasteiger partial charge >= 0.3 is 6.29 Å². The Labute approximate surface area is 151 Å². The summed E-state index contributed by atoms with van der Waals surface area (Å²) in [4.78, 5) is 11.8. The summed E-state index contributed by atoms with van der Waals surface area (Å²) in [5.74, 6) is 0.317. The fourth-order valence-corrected chi connectivity index (χ4v) is 3.18. The lowest BCUT2D eigenvalue weighted by atomic mass is 10.1. The second-order valence-electron chi connectivity index (χ2n) is 5.71. The van der Waals surface area contributed by atoms with E-state index in [1.165, 1.54) is 0 Å². The molecule has 2 aromatic rings. The van der Waals surface area contributed by atoms with Crippen molar-refractivity contribution >= 4 is 29.1 Å². The number of rotatable bonds is 5. The third-order valence-electron chi connectivity index (χ3n) is 3.53. The van der Waals surface area contributed by atoms with Crippen LogP contribution in [0, 0.1) is 27.7 Å². The minimum Gasteiger partial charge on any atom is -0.446 e. The highest BCUT2D eigenvalue weighted by Gasteiger charge is 2.23. The molecule has 0 fully saturated rings. The van der Waals surface area contributed by atoms with Crippen LogP contribution in [0.2, 0.25) is 10.0 Å². The quantitative estimate of drug-likeness (QED) is 0.791. The van der Waals surface area contributed by atoms with Crippen LogP contribution in [0.4, 0.5) is 0 Å². The maximum Gasteiger partial charge on any atom is 0.321 e. The third kappa shape index (κ3) is 4.13. The van der Waals surface area contributed by atoms with Crippen molar-refractivity contribution in [1.82, 2.24) is 0 Å². The molecule has 0 aliphatic heterocycles. The Hall–Kier alpha value is -1.91. The Balaban J connectivity index is 2.34. The number of aryl methyl sites for hydroxylation is 4. The summed E-state index contributed by atoms with van der Waals surface area (Å²) in [6.07, 6.45) is -1.26. The van der Waals surface area contributed by atoms with Gasteiger partial charge in [0.15, 0.2) is 0 Å². The van der Waals surface area contributed by atoms with Crippen molar-refractivity contribution in [2.75, 3.05) is 0 Å². The Morgan fingerprint density at radius 3 is 1.38 bits per heavy atom. The predicted molar refractivity (Wildman–Crippen MR) is 96.1 cm³/mol. The number of hydrogen-bond donors (Lipinski definition) is 1. The van der Waals surface area contributed by atoms with Gasteiger partial charge in [-0.15, -0.1) is 0 Å². The first-order valence-corrected chi connectivity index (χ1v) is 8.10. The molecule has 6 heteroatoms.